The molecule has 0 radical (unpaired) electrons. The summed E-state index contributed by atoms with van der Waals surface area (Å²) in [5, 5.41) is 13.4. The van der Waals surface area contributed by atoms with Crippen LogP contribution in [-0.4, -0.2) is 56.9 Å². The van der Waals surface area contributed by atoms with Crippen LogP contribution in [-0.2, 0) is 22.4 Å². The fourth-order valence-electron chi connectivity index (χ4n) is 3.16. The molecule has 3 rings (SSSR count). The lowest BCUT2D eigenvalue weighted by atomic mass is 10.1. The molecule has 0 unspecified atom stereocenters. The number of aromatic nitrogens is 3. The van der Waals surface area contributed by atoms with Gasteiger partial charge in [-0.05, 0) is 38.3 Å². The Morgan fingerprint density at radius 1 is 1.28 bits per heavy atom. The Hall–Kier alpha value is -3.23. The molecule has 2 N–H and O–H groups in total. The number of carbonyl (C=O) groups is 3. The molecule has 0 bridgehead atoms. The van der Waals surface area contributed by atoms with Gasteiger partial charge in [-0.3, -0.25) is 14.5 Å². The Morgan fingerprint density at radius 3 is 2.72 bits per heavy atom. The summed E-state index contributed by atoms with van der Waals surface area (Å²) in [6, 6.07) is 6.81. The molecule has 0 saturated carbocycles. The zero-order valence-corrected chi connectivity index (χ0v) is 16.9. The summed E-state index contributed by atoms with van der Waals surface area (Å²) >= 11 is 0. The minimum absolute atomic E-state index is 0.157. The number of aryl methyl sites for hydroxylation is 1. The van der Waals surface area contributed by atoms with Crippen molar-refractivity contribution in [2.75, 3.05) is 13.1 Å². The van der Waals surface area contributed by atoms with Crippen LogP contribution in [0.15, 0.2) is 30.5 Å². The largest absolute Gasteiger partial charge is 0.354 e. The van der Waals surface area contributed by atoms with E-state index >= 15 is 0 Å². The molecule has 2 heterocycles. The van der Waals surface area contributed by atoms with Crippen LogP contribution in [0.5, 0.6) is 0 Å². The van der Waals surface area contributed by atoms with Crippen LogP contribution in [0.2, 0.25) is 0 Å². The van der Waals surface area contributed by atoms with Crippen LogP contribution in [0, 0.1) is 6.92 Å². The minimum Gasteiger partial charge on any atom is -0.354 e. The SMILES string of the molecule is Cc1ccccc1CCNC(=O)CN1C(=O)N[C@H](Cc2cn(C(C)C)nn2)C1=O. The Balaban J connectivity index is 1.50. The van der Waals surface area contributed by atoms with Gasteiger partial charge >= 0.3 is 6.03 Å². The van der Waals surface area contributed by atoms with Crippen LogP contribution in [0.3, 0.4) is 0 Å². The average Bonchev–Trinajstić information content (AvgIpc) is 3.24. The number of rotatable bonds is 8. The molecule has 1 fully saturated rings. The lowest BCUT2D eigenvalue weighted by Crippen LogP contribution is -2.41. The van der Waals surface area contributed by atoms with E-state index in [0.717, 1.165) is 16.0 Å². The molecule has 1 saturated heterocycles. The quantitative estimate of drug-likeness (QED) is 0.645. The molecule has 1 aromatic carbocycles. The highest BCUT2D eigenvalue weighted by molar-refractivity contribution is 6.06. The Morgan fingerprint density at radius 2 is 2.03 bits per heavy atom. The number of urea groups is 1. The van der Waals surface area contributed by atoms with E-state index < -0.39 is 18.0 Å². The van der Waals surface area contributed by atoms with E-state index in [2.05, 4.69) is 20.9 Å². The van der Waals surface area contributed by atoms with Crippen molar-refractivity contribution in [1.29, 1.82) is 0 Å². The highest BCUT2D eigenvalue weighted by atomic mass is 16.2. The molecular weight excluding hydrogens is 372 g/mol. The van der Waals surface area contributed by atoms with Crippen LogP contribution in [0.4, 0.5) is 4.79 Å². The third-order valence-electron chi connectivity index (χ3n) is 4.89. The van der Waals surface area contributed by atoms with E-state index in [1.54, 1.807) is 10.9 Å². The molecule has 1 aliphatic heterocycles. The number of nitrogens with zero attached hydrogens (tertiary/aromatic N) is 4. The number of hydrogen-bond acceptors (Lipinski definition) is 5. The van der Waals surface area contributed by atoms with Gasteiger partial charge in [0.25, 0.3) is 5.91 Å². The number of nitrogens with one attached hydrogen (secondary N) is 2. The van der Waals surface area contributed by atoms with Gasteiger partial charge in [0, 0.05) is 25.2 Å². The Labute approximate surface area is 169 Å². The normalized spacial score (nSPS) is 16.4. The molecule has 1 aromatic heterocycles. The predicted molar refractivity (Wildman–Crippen MR) is 106 cm³/mol. The number of imide groups is 1. The van der Waals surface area contributed by atoms with Gasteiger partial charge in [0.2, 0.25) is 5.91 Å². The number of hydrogen-bond donors (Lipinski definition) is 2. The zero-order valence-electron chi connectivity index (χ0n) is 16.9. The van der Waals surface area contributed by atoms with Crippen molar-refractivity contribution >= 4 is 17.8 Å². The molecule has 2 aromatic rings. The Kier molecular flexibility index (Phi) is 6.26. The van der Waals surface area contributed by atoms with Crippen molar-refractivity contribution in [2.45, 2.75) is 45.7 Å². The third-order valence-corrected chi connectivity index (χ3v) is 4.89. The van der Waals surface area contributed by atoms with Crippen molar-refractivity contribution in [3.05, 3.63) is 47.3 Å². The van der Waals surface area contributed by atoms with Gasteiger partial charge in [-0.2, -0.15) is 0 Å². The summed E-state index contributed by atoms with van der Waals surface area (Å²) < 4.78 is 1.69. The average molecular weight is 398 g/mol. The smallest absolute Gasteiger partial charge is 0.325 e. The van der Waals surface area contributed by atoms with Crippen molar-refractivity contribution in [1.82, 2.24) is 30.5 Å². The van der Waals surface area contributed by atoms with Gasteiger partial charge in [0.15, 0.2) is 0 Å². The van der Waals surface area contributed by atoms with Crippen molar-refractivity contribution in [2.24, 2.45) is 0 Å². The highest BCUT2D eigenvalue weighted by Gasteiger charge is 2.39. The van der Waals surface area contributed by atoms with E-state index in [4.69, 9.17) is 0 Å². The van der Waals surface area contributed by atoms with Gasteiger partial charge in [-0.1, -0.05) is 29.5 Å². The maximum Gasteiger partial charge on any atom is 0.325 e. The fraction of sp³-hybridized carbons (Fsp3) is 0.450. The lowest BCUT2D eigenvalue weighted by molar-refractivity contribution is -0.132. The number of carbonyl (C=O) groups excluding carboxylic acids is 3. The van der Waals surface area contributed by atoms with Gasteiger partial charge in [0.1, 0.15) is 12.6 Å². The van der Waals surface area contributed by atoms with E-state index in [-0.39, 0.29) is 24.9 Å². The number of amides is 4. The standard InChI is InChI=1S/C20H26N6O3/c1-13(2)26-11-16(23-24-26)10-17-19(28)25(20(29)22-17)12-18(27)21-9-8-15-7-5-4-6-14(15)3/h4-7,11,13,17H,8-10,12H2,1-3H3,(H,21,27)(H,22,29)/t17-/m1/s1. The molecule has 0 spiro atoms. The van der Waals surface area contributed by atoms with Crippen LogP contribution in [0.25, 0.3) is 0 Å². The van der Waals surface area contributed by atoms with Crippen LogP contribution in [0.1, 0.15) is 36.7 Å². The zero-order chi connectivity index (χ0) is 21.0. The second-order valence-corrected chi connectivity index (χ2v) is 7.44. The number of benzene rings is 1. The van der Waals surface area contributed by atoms with Crippen molar-refractivity contribution < 1.29 is 14.4 Å². The van der Waals surface area contributed by atoms with Crippen molar-refractivity contribution in [3.63, 3.8) is 0 Å². The van der Waals surface area contributed by atoms with E-state index in [1.165, 1.54) is 0 Å². The summed E-state index contributed by atoms with van der Waals surface area (Å²) in [6.45, 7) is 6.10. The van der Waals surface area contributed by atoms with Gasteiger partial charge in [0.05, 0.1) is 5.69 Å². The summed E-state index contributed by atoms with van der Waals surface area (Å²) in [5.74, 6) is -0.795. The molecule has 29 heavy (non-hydrogen) atoms. The maximum atomic E-state index is 12.5. The molecule has 1 aliphatic rings. The van der Waals surface area contributed by atoms with Gasteiger partial charge in [-0.15, -0.1) is 5.10 Å². The highest BCUT2D eigenvalue weighted by Crippen LogP contribution is 2.12. The second kappa shape index (κ2) is 8.85. The van der Waals surface area contributed by atoms with Gasteiger partial charge < -0.3 is 10.6 Å². The van der Waals surface area contributed by atoms with Crippen LogP contribution >= 0.6 is 0 Å². The van der Waals surface area contributed by atoms with E-state index in [1.807, 2.05) is 45.0 Å². The second-order valence-electron chi connectivity index (χ2n) is 7.44. The molecule has 4 amide bonds. The summed E-state index contributed by atoms with van der Waals surface area (Å²) in [7, 11) is 0. The Bertz CT molecular complexity index is 907. The first-order chi connectivity index (χ1) is 13.8. The third kappa shape index (κ3) is 4.98. The summed E-state index contributed by atoms with van der Waals surface area (Å²) in [6.07, 6.45) is 2.68. The molecule has 0 aliphatic carbocycles. The van der Waals surface area contributed by atoms with Crippen LogP contribution < -0.4 is 10.6 Å². The lowest BCUT2D eigenvalue weighted by Gasteiger charge is -2.13. The first-order valence-electron chi connectivity index (χ1n) is 9.69. The first-order valence-corrected chi connectivity index (χ1v) is 9.69. The maximum absolute atomic E-state index is 12.5. The first kappa shape index (κ1) is 20.5. The molecule has 9 nitrogen and oxygen atoms in total. The van der Waals surface area contributed by atoms with E-state index in [9.17, 15) is 14.4 Å². The fourth-order valence-corrected chi connectivity index (χ4v) is 3.16. The molecule has 154 valence electrons. The molecular formula is C20H26N6O3. The topological polar surface area (TPSA) is 109 Å². The van der Waals surface area contributed by atoms with E-state index in [0.29, 0.717) is 18.7 Å². The summed E-state index contributed by atoms with van der Waals surface area (Å²) in [4.78, 5) is 37.8. The monoisotopic (exact) mass is 398 g/mol. The molecule has 9 heteroatoms. The van der Waals surface area contributed by atoms with Crippen molar-refractivity contribution in [3.8, 4) is 0 Å². The summed E-state index contributed by atoms with van der Waals surface area (Å²) in [5.41, 5.74) is 2.92. The molecule has 1 atom stereocenters. The van der Waals surface area contributed by atoms with Gasteiger partial charge in [-0.25, -0.2) is 9.48 Å². The predicted octanol–water partition coefficient (Wildman–Crippen LogP) is 0.989. The minimum atomic E-state index is -0.736.